The number of aliphatic hydroxyl groups is 1. The van der Waals surface area contributed by atoms with Crippen LogP contribution in [-0.2, 0) is 28.7 Å². The number of aliphatic hydroxyl groups excluding tert-OH is 1. The van der Waals surface area contributed by atoms with Crippen LogP contribution in [0.1, 0.15) is 60.3 Å². The molecule has 0 aromatic carbocycles. The van der Waals surface area contributed by atoms with E-state index in [1.165, 1.54) is 13.0 Å². The second-order valence-corrected chi connectivity index (χ2v) is 11.5. The molecule has 1 saturated carbocycles. The van der Waals surface area contributed by atoms with Crippen LogP contribution in [0.15, 0.2) is 34.9 Å². The second kappa shape index (κ2) is 7.23. The van der Waals surface area contributed by atoms with Crippen LogP contribution in [0.2, 0.25) is 0 Å². The van der Waals surface area contributed by atoms with Gasteiger partial charge in [0, 0.05) is 41.2 Å². The number of allylic oxidation sites excluding steroid dienone is 3. The number of cyclic esters (lactones) is 1. The Morgan fingerprint density at radius 3 is 2.47 bits per heavy atom. The van der Waals surface area contributed by atoms with Crippen LogP contribution in [0.4, 0.5) is 0 Å². The monoisotopic (exact) mass is 468 g/mol. The molecule has 1 N–H and O–H groups in total. The molecular weight excluding hydrogens is 436 g/mol. The molecule has 1 aliphatic heterocycles. The van der Waals surface area contributed by atoms with E-state index in [0.29, 0.717) is 30.4 Å². The van der Waals surface area contributed by atoms with Crippen LogP contribution in [0.5, 0.6) is 0 Å². The maximum atomic E-state index is 13.7. The molecule has 0 amide bonds. The zero-order valence-corrected chi connectivity index (χ0v) is 20.3. The number of esters is 2. The van der Waals surface area contributed by atoms with Crippen LogP contribution in [0.3, 0.4) is 0 Å². The molecule has 0 spiro atoms. The lowest BCUT2D eigenvalue weighted by Crippen LogP contribution is -2.63. The van der Waals surface area contributed by atoms with E-state index in [4.69, 9.17) is 9.47 Å². The van der Waals surface area contributed by atoms with Crippen LogP contribution < -0.4 is 0 Å². The summed E-state index contributed by atoms with van der Waals surface area (Å²) in [6, 6.07) is 0. The Kier molecular flexibility index (Phi) is 4.94. The molecule has 5 rings (SSSR count). The van der Waals surface area contributed by atoms with E-state index in [9.17, 15) is 24.3 Å². The first-order valence-corrected chi connectivity index (χ1v) is 12.1. The Morgan fingerprint density at radius 1 is 1.15 bits per heavy atom. The minimum Gasteiger partial charge on any atom is -0.462 e. The second-order valence-electron chi connectivity index (χ2n) is 11.5. The molecule has 7 atom stereocenters. The van der Waals surface area contributed by atoms with Crippen molar-refractivity contribution in [3.63, 3.8) is 0 Å². The number of carbonyl (C=O) groups excluding carboxylic acids is 4. The smallest absolute Gasteiger partial charge is 0.337 e. The van der Waals surface area contributed by atoms with Crippen LogP contribution in [-0.4, -0.2) is 41.0 Å². The molecule has 0 saturated heterocycles. The van der Waals surface area contributed by atoms with Crippen LogP contribution in [0, 0.1) is 34.0 Å². The maximum absolute atomic E-state index is 13.7. The van der Waals surface area contributed by atoms with Crippen molar-refractivity contribution in [3.8, 4) is 0 Å². The summed E-state index contributed by atoms with van der Waals surface area (Å²) >= 11 is 0. The lowest BCUT2D eigenvalue weighted by molar-refractivity contribution is -0.181. The zero-order valence-electron chi connectivity index (χ0n) is 20.3. The Labute approximate surface area is 199 Å². The summed E-state index contributed by atoms with van der Waals surface area (Å²) in [4.78, 5) is 51.1. The van der Waals surface area contributed by atoms with Gasteiger partial charge in [-0.1, -0.05) is 39.3 Å². The van der Waals surface area contributed by atoms with Crippen molar-refractivity contribution in [2.75, 3.05) is 0 Å². The zero-order chi connectivity index (χ0) is 24.8. The van der Waals surface area contributed by atoms with Gasteiger partial charge in [-0.25, -0.2) is 4.79 Å². The van der Waals surface area contributed by atoms with Gasteiger partial charge in [0.2, 0.25) is 6.29 Å². The average Bonchev–Trinajstić information content (AvgIpc) is 3.32. The fourth-order valence-corrected chi connectivity index (χ4v) is 7.98. The summed E-state index contributed by atoms with van der Waals surface area (Å²) in [5, 5.41) is 9.79. The van der Waals surface area contributed by atoms with Crippen molar-refractivity contribution in [1.82, 2.24) is 0 Å². The van der Waals surface area contributed by atoms with Gasteiger partial charge in [-0.15, -0.1) is 0 Å². The summed E-state index contributed by atoms with van der Waals surface area (Å²) in [7, 11) is 0. The summed E-state index contributed by atoms with van der Waals surface area (Å²) in [5.41, 5.74) is 0.205. The van der Waals surface area contributed by atoms with Gasteiger partial charge < -0.3 is 14.6 Å². The third kappa shape index (κ3) is 2.92. The molecule has 7 nitrogen and oxygen atoms in total. The fraction of sp³-hybridized carbons (Fsp3) is 0.630. The van der Waals surface area contributed by atoms with E-state index < -0.39 is 40.5 Å². The first kappa shape index (κ1) is 23.2. The number of carbonyl (C=O) groups is 4. The quantitative estimate of drug-likeness (QED) is 0.620. The molecule has 0 radical (unpaired) electrons. The topological polar surface area (TPSA) is 107 Å². The molecule has 7 heteroatoms. The van der Waals surface area contributed by atoms with Gasteiger partial charge in [0.1, 0.15) is 6.10 Å². The normalized spacial score (nSPS) is 42.6. The Morgan fingerprint density at radius 2 is 1.85 bits per heavy atom. The highest BCUT2D eigenvalue weighted by molar-refractivity contribution is 6.03. The van der Waals surface area contributed by atoms with Gasteiger partial charge in [0.25, 0.3) is 0 Å². The van der Waals surface area contributed by atoms with Gasteiger partial charge in [-0.3, -0.25) is 14.4 Å². The third-order valence-corrected chi connectivity index (χ3v) is 9.61. The predicted molar refractivity (Wildman–Crippen MR) is 121 cm³/mol. The Hall–Kier alpha value is -2.54. The minimum atomic E-state index is -1.29. The highest BCUT2D eigenvalue weighted by atomic mass is 16.6. The van der Waals surface area contributed by atoms with E-state index in [2.05, 4.69) is 13.8 Å². The van der Waals surface area contributed by atoms with Crippen molar-refractivity contribution in [2.45, 2.75) is 72.7 Å². The number of hydrogen-bond acceptors (Lipinski definition) is 7. The van der Waals surface area contributed by atoms with E-state index in [0.717, 1.165) is 5.57 Å². The molecular formula is C27H32O7. The van der Waals surface area contributed by atoms with Crippen molar-refractivity contribution >= 4 is 23.5 Å². The van der Waals surface area contributed by atoms with Crippen molar-refractivity contribution in [2.24, 2.45) is 34.0 Å². The highest BCUT2D eigenvalue weighted by Crippen LogP contribution is 2.68. The van der Waals surface area contributed by atoms with E-state index >= 15 is 0 Å². The summed E-state index contributed by atoms with van der Waals surface area (Å²) in [5.74, 6) is -1.61. The molecule has 0 bridgehead atoms. The SMILES string of the molecule is CC(=O)O[C@@H]1C[C@H]2C(C)(C)C(=O)C=C[C@]2(C)[C@H]2CC(=O)C3=C(CC[C@H]3C3=C[C@H](O)OC3=O)[C@@]21C. The number of hydrogen-bond donors (Lipinski definition) is 1. The van der Waals surface area contributed by atoms with E-state index in [-0.39, 0.29) is 35.8 Å². The highest BCUT2D eigenvalue weighted by Gasteiger charge is 2.67. The van der Waals surface area contributed by atoms with Crippen LogP contribution in [0.25, 0.3) is 0 Å². The minimum absolute atomic E-state index is 0.0124. The molecule has 34 heavy (non-hydrogen) atoms. The lowest BCUT2D eigenvalue weighted by Gasteiger charge is -2.63. The average molecular weight is 469 g/mol. The number of Topliss-reactive ketones (excluding diaryl/α,β-unsaturated/α-hetero) is 1. The first-order chi connectivity index (χ1) is 15.8. The predicted octanol–water partition coefficient (Wildman–Crippen LogP) is 3.21. The number of ether oxygens (including phenoxy) is 2. The summed E-state index contributed by atoms with van der Waals surface area (Å²) < 4.78 is 10.9. The molecule has 182 valence electrons. The Balaban J connectivity index is 1.68. The van der Waals surface area contributed by atoms with Gasteiger partial charge >= 0.3 is 11.9 Å². The largest absolute Gasteiger partial charge is 0.462 e. The van der Waals surface area contributed by atoms with E-state index in [1.807, 2.05) is 19.9 Å². The summed E-state index contributed by atoms with van der Waals surface area (Å²) in [6.07, 6.45) is 5.20. The molecule has 1 fully saturated rings. The molecule has 0 aromatic heterocycles. The molecule has 5 aliphatic rings. The standard InChI is InChI=1S/C27H32O7/c1-13(28)33-21-12-18-25(2,3)20(30)8-9-26(18,4)19-11-17(29)23-14(6-7-16(23)27(19,21)5)15-10-22(31)34-24(15)32/h8-10,14,18-19,21-22,31H,6-7,11-12H2,1-5H3/t14-,18-,19+,21+,22+,26-,27-/m0/s1. The van der Waals surface area contributed by atoms with Gasteiger partial charge in [0.05, 0.1) is 0 Å². The lowest BCUT2D eigenvalue weighted by atomic mass is 9.41. The van der Waals surface area contributed by atoms with Crippen molar-refractivity contribution in [1.29, 1.82) is 0 Å². The van der Waals surface area contributed by atoms with Gasteiger partial charge in [-0.05, 0) is 48.7 Å². The van der Waals surface area contributed by atoms with Crippen molar-refractivity contribution in [3.05, 3.63) is 34.9 Å². The number of ketones is 2. The van der Waals surface area contributed by atoms with Crippen LogP contribution >= 0.6 is 0 Å². The third-order valence-electron chi connectivity index (χ3n) is 9.61. The maximum Gasteiger partial charge on any atom is 0.337 e. The molecule has 1 heterocycles. The molecule has 0 unspecified atom stereocenters. The number of fused-ring (bicyclic) bond motifs is 4. The fourth-order valence-electron chi connectivity index (χ4n) is 7.98. The van der Waals surface area contributed by atoms with Crippen molar-refractivity contribution < 1.29 is 33.8 Å². The Bertz CT molecular complexity index is 1110. The number of rotatable bonds is 2. The first-order valence-electron chi connectivity index (χ1n) is 12.1. The van der Waals surface area contributed by atoms with Gasteiger partial charge in [-0.2, -0.15) is 0 Å². The van der Waals surface area contributed by atoms with E-state index in [1.54, 1.807) is 6.08 Å². The molecule has 4 aliphatic carbocycles. The summed E-state index contributed by atoms with van der Waals surface area (Å²) in [6.45, 7) is 9.50. The van der Waals surface area contributed by atoms with Gasteiger partial charge in [0.15, 0.2) is 11.6 Å². The molecule has 0 aromatic rings.